The Morgan fingerprint density at radius 2 is 1.53 bits per heavy atom. The summed E-state index contributed by atoms with van der Waals surface area (Å²) in [5.41, 5.74) is -1.40. The van der Waals surface area contributed by atoms with Gasteiger partial charge in [-0.2, -0.15) is 26.3 Å². The molecule has 0 unspecified atom stereocenters. The Labute approximate surface area is 191 Å². The van der Waals surface area contributed by atoms with Crippen molar-refractivity contribution in [3.8, 4) is 0 Å². The molecule has 0 bridgehead atoms. The Morgan fingerprint density at radius 1 is 0.971 bits per heavy atom. The van der Waals surface area contributed by atoms with E-state index in [0.29, 0.717) is 12.1 Å². The van der Waals surface area contributed by atoms with Gasteiger partial charge in [0.15, 0.2) is 0 Å². The van der Waals surface area contributed by atoms with Gasteiger partial charge in [0.2, 0.25) is 5.91 Å². The van der Waals surface area contributed by atoms with Crippen LogP contribution in [0.15, 0.2) is 47.4 Å². The van der Waals surface area contributed by atoms with Crippen LogP contribution in [0, 0.1) is 6.92 Å². The third kappa shape index (κ3) is 6.00. The number of amides is 1. The molecule has 0 aliphatic carbocycles. The number of alkyl halides is 6. The number of unbranched alkanes of at least 4 members (excludes halogenated alkanes) is 1. The van der Waals surface area contributed by atoms with Gasteiger partial charge in [0, 0.05) is 12.0 Å². The van der Waals surface area contributed by atoms with Crippen molar-refractivity contribution in [2.24, 2.45) is 5.73 Å². The minimum Gasteiger partial charge on any atom is -0.370 e. The lowest BCUT2D eigenvalue weighted by atomic mass is 9.89. The molecule has 0 atom stereocenters. The summed E-state index contributed by atoms with van der Waals surface area (Å²) in [5, 5.41) is 9.70. The van der Waals surface area contributed by atoms with Gasteiger partial charge < -0.3 is 10.8 Å². The fraction of sp³-hybridized carbons (Fsp3) is 0.381. The van der Waals surface area contributed by atoms with E-state index in [1.807, 2.05) is 0 Å². The summed E-state index contributed by atoms with van der Waals surface area (Å²) in [6.07, 6.45) is -12.2. The summed E-state index contributed by atoms with van der Waals surface area (Å²) in [5.74, 6) is -0.655. The number of nitrogens with two attached hydrogens (primary N) is 1. The van der Waals surface area contributed by atoms with Gasteiger partial charge in [0.05, 0.1) is 10.6 Å². The zero-order valence-corrected chi connectivity index (χ0v) is 18.6. The number of primary amides is 1. The molecule has 0 heterocycles. The lowest BCUT2D eigenvalue weighted by molar-refractivity contribution is -0.376. The fourth-order valence-electron chi connectivity index (χ4n) is 3.15. The number of sulfonamides is 1. The van der Waals surface area contributed by atoms with E-state index in [1.54, 1.807) is 6.92 Å². The van der Waals surface area contributed by atoms with Crippen LogP contribution in [0.5, 0.6) is 0 Å². The molecular weight excluding hydrogens is 490 g/mol. The minimum atomic E-state index is -6.10. The molecule has 6 nitrogen and oxygen atoms in total. The number of aliphatic hydroxyl groups is 1. The van der Waals surface area contributed by atoms with E-state index >= 15 is 0 Å². The van der Waals surface area contributed by atoms with Crippen LogP contribution in [0.2, 0.25) is 0 Å². The predicted molar refractivity (Wildman–Crippen MR) is 111 cm³/mol. The molecule has 1 amide bonds. The molecule has 34 heavy (non-hydrogen) atoms. The second-order valence-electron chi connectivity index (χ2n) is 7.67. The molecular formula is C21H22F6N2O4S. The zero-order valence-electron chi connectivity index (χ0n) is 17.8. The molecule has 13 heteroatoms. The van der Waals surface area contributed by atoms with E-state index in [2.05, 4.69) is 4.72 Å². The summed E-state index contributed by atoms with van der Waals surface area (Å²) in [7, 11) is -4.23. The van der Waals surface area contributed by atoms with E-state index in [4.69, 9.17) is 5.73 Å². The number of carbonyl (C=O) groups is 1. The average Bonchev–Trinajstić information content (AvgIpc) is 2.69. The standard InChI is InChI=1S/C21H22F6N2O4S/c1-13-6-9-16(10-7-13)34(32,33)29-17-11-8-15(12-14(17)4-2-3-5-18(28)30)19(31,20(22,23)24)21(25,26)27/h6-12,29,31H,2-5H2,1H3,(H2,28,30). The van der Waals surface area contributed by atoms with E-state index in [-0.39, 0.29) is 41.8 Å². The van der Waals surface area contributed by atoms with E-state index in [0.717, 1.165) is 11.6 Å². The van der Waals surface area contributed by atoms with Gasteiger partial charge in [0.1, 0.15) is 0 Å². The molecule has 0 saturated carbocycles. The first-order valence-electron chi connectivity index (χ1n) is 9.86. The lowest BCUT2D eigenvalue weighted by Gasteiger charge is -2.33. The number of aryl methyl sites for hydroxylation is 2. The third-order valence-electron chi connectivity index (χ3n) is 5.04. The minimum absolute atomic E-state index is 0.0842. The monoisotopic (exact) mass is 512 g/mol. The third-order valence-corrected chi connectivity index (χ3v) is 6.42. The maximum absolute atomic E-state index is 13.3. The van der Waals surface area contributed by atoms with Crippen LogP contribution in [0.3, 0.4) is 0 Å². The number of hydrogen-bond acceptors (Lipinski definition) is 4. The molecule has 2 aromatic rings. The number of halogens is 6. The summed E-state index contributed by atoms with van der Waals surface area (Å²) in [6.45, 7) is 1.72. The number of rotatable bonds is 9. The van der Waals surface area contributed by atoms with Crippen molar-refractivity contribution in [2.75, 3.05) is 4.72 Å². The fourth-order valence-corrected chi connectivity index (χ4v) is 4.25. The number of nitrogens with one attached hydrogen (secondary N) is 1. The Kier molecular flexibility index (Phi) is 7.93. The highest BCUT2D eigenvalue weighted by Gasteiger charge is 2.71. The highest BCUT2D eigenvalue weighted by molar-refractivity contribution is 7.92. The summed E-state index contributed by atoms with van der Waals surface area (Å²) in [6, 6.07) is 7.13. The SMILES string of the molecule is Cc1ccc(S(=O)(=O)Nc2ccc(C(O)(C(F)(F)F)C(F)(F)F)cc2CCCCC(N)=O)cc1. The maximum Gasteiger partial charge on any atom is 0.430 e. The van der Waals surface area contributed by atoms with Gasteiger partial charge >= 0.3 is 12.4 Å². The van der Waals surface area contributed by atoms with Crippen molar-refractivity contribution < 1.29 is 44.7 Å². The Balaban J connectivity index is 2.53. The second-order valence-corrected chi connectivity index (χ2v) is 9.35. The predicted octanol–water partition coefficient (Wildman–Crippen LogP) is 4.31. The molecule has 0 aliphatic heterocycles. The quantitative estimate of drug-likeness (QED) is 0.344. The van der Waals surface area contributed by atoms with E-state index in [1.165, 1.54) is 24.3 Å². The highest BCUT2D eigenvalue weighted by Crippen LogP contribution is 2.50. The van der Waals surface area contributed by atoms with Crippen molar-refractivity contribution in [1.82, 2.24) is 0 Å². The summed E-state index contributed by atoms with van der Waals surface area (Å²) >= 11 is 0. The molecule has 4 N–H and O–H groups in total. The average molecular weight is 512 g/mol. The normalized spacial score (nSPS) is 13.1. The van der Waals surface area contributed by atoms with Gasteiger partial charge in [-0.3, -0.25) is 9.52 Å². The van der Waals surface area contributed by atoms with Gasteiger partial charge in [-0.1, -0.05) is 29.8 Å². The first-order valence-corrected chi connectivity index (χ1v) is 11.3. The van der Waals surface area contributed by atoms with Crippen molar-refractivity contribution >= 4 is 21.6 Å². The van der Waals surface area contributed by atoms with Gasteiger partial charge in [-0.15, -0.1) is 0 Å². The number of hydrogen-bond donors (Lipinski definition) is 3. The molecule has 0 aromatic heterocycles. The lowest BCUT2D eigenvalue weighted by Crippen LogP contribution is -2.54. The van der Waals surface area contributed by atoms with E-state index < -0.39 is 39.4 Å². The first kappa shape index (κ1) is 27.4. The topological polar surface area (TPSA) is 109 Å². The van der Waals surface area contributed by atoms with Crippen LogP contribution >= 0.6 is 0 Å². The molecule has 188 valence electrons. The zero-order chi connectivity index (χ0) is 25.9. The second kappa shape index (κ2) is 9.82. The van der Waals surface area contributed by atoms with Crippen molar-refractivity contribution in [3.05, 3.63) is 59.2 Å². The first-order chi connectivity index (χ1) is 15.5. The van der Waals surface area contributed by atoms with Gasteiger partial charge in [-0.25, -0.2) is 8.42 Å². The molecule has 2 rings (SSSR count). The van der Waals surface area contributed by atoms with Crippen molar-refractivity contribution in [3.63, 3.8) is 0 Å². The van der Waals surface area contributed by atoms with Crippen molar-refractivity contribution in [1.29, 1.82) is 0 Å². The Morgan fingerprint density at radius 3 is 2.03 bits per heavy atom. The number of benzene rings is 2. The van der Waals surface area contributed by atoms with Crippen molar-refractivity contribution in [2.45, 2.75) is 55.5 Å². The molecule has 0 radical (unpaired) electrons. The molecule has 0 fully saturated rings. The number of anilines is 1. The van der Waals surface area contributed by atoms with Crippen LogP contribution < -0.4 is 10.5 Å². The van der Waals surface area contributed by atoms with E-state index in [9.17, 15) is 44.7 Å². The highest BCUT2D eigenvalue weighted by atomic mass is 32.2. The van der Waals surface area contributed by atoms with Gasteiger partial charge in [0.25, 0.3) is 15.6 Å². The molecule has 0 aliphatic rings. The largest absolute Gasteiger partial charge is 0.430 e. The van der Waals surface area contributed by atoms with Crippen LogP contribution in [-0.4, -0.2) is 31.8 Å². The summed E-state index contributed by atoms with van der Waals surface area (Å²) in [4.78, 5) is 10.7. The number of carbonyl (C=O) groups excluding carboxylic acids is 1. The van der Waals surface area contributed by atoms with Crippen LogP contribution in [0.4, 0.5) is 32.0 Å². The van der Waals surface area contributed by atoms with Crippen LogP contribution in [0.1, 0.15) is 36.0 Å². The maximum atomic E-state index is 13.3. The Bertz CT molecular complexity index is 1120. The summed E-state index contributed by atoms with van der Waals surface area (Å²) < 4.78 is 107. The molecule has 0 spiro atoms. The van der Waals surface area contributed by atoms with Crippen LogP contribution in [0.25, 0.3) is 0 Å². The molecule has 0 saturated heterocycles. The Hall–Kier alpha value is -2.80. The van der Waals surface area contributed by atoms with Crippen LogP contribution in [-0.2, 0) is 26.8 Å². The smallest absolute Gasteiger partial charge is 0.370 e. The molecule has 2 aromatic carbocycles. The van der Waals surface area contributed by atoms with Gasteiger partial charge in [-0.05, 0) is 49.9 Å².